The number of carbonyl (C=O) groups excluding carboxylic acids is 1. The van der Waals surface area contributed by atoms with Crippen molar-refractivity contribution in [1.82, 2.24) is 14.7 Å². The summed E-state index contributed by atoms with van der Waals surface area (Å²) in [6, 6.07) is 5.05. The van der Waals surface area contributed by atoms with Crippen molar-refractivity contribution in [3.05, 3.63) is 34.6 Å². The molecule has 0 aromatic heterocycles. The van der Waals surface area contributed by atoms with Gasteiger partial charge in [0, 0.05) is 45.7 Å². The van der Waals surface area contributed by atoms with Gasteiger partial charge in [-0.2, -0.15) is 0 Å². The molecule has 3 rings (SSSR count). The van der Waals surface area contributed by atoms with Gasteiger partial charge >= 0.3 is 0 Å². The van der Waals surface area contributed by atoms with Crippen LogP contribution < -0.4 is 0 Å². The number of nitrogens with zero attached hydrogens (tertiary/aromatic N) is 3. The Bertz CT molecular complexity index is 619. The molecule has 2 aliphatic rings. The van der Waals surface area contributed by atoms with Crippen LogP contribution in [0.3, 0.4) is 0 Å². The predicted molar refractivity (Wildman–Crippen MR) is 103 cm³/mol. The highest BCUT2D eigenvalue weighted by molar-refractivity contribution is 6.30. The third-order valence-corrected chi connectivity index (χ3v) is 5.92. The molecule has 0 saturated carbocycles. The lowest BCUT2D eigenvalue weighted by Gasteiger charge is -2.34. The first-order chi connectivity index (χ1) is 12.5. The maximum atomic E-state index is 13.6. The number of amides is 1. The summed E-state index contributed by atoms with van der Waals surface area (Å²) in [4.78, 5) is 19.1. The van der Waals surface area contributed by atoms with Crippen LogP contribution in [-0.4, -0.2) is 66.9 Å². The molecule has 1 amide bonds. The first-order valence-corrected chi connectivity index (χ1v) is 10.0. The maximum absolute atomic E-state index is 13.6. The Hall–Kier alpha value is -1.17. The lowest BCUT2D eigenvalue weighted by Crippen LogP contribution is -2.47. The highest BCUT2D eigenvalue weighted by Crippen LogP contribution is 2.24. The number of piperazine rings is 1. The second-order valence-corrected chi connectivity index (χ2v) is 8.12. The lowest BCUT2D eigenvalue weighted by atomic mass is 9.92. The van der Waals surface area contributed by atoms with Gasteiger partial charge in [-0.05, 0) is 56.5 Å². The summed E-state index contributed by atoms with van der Waals surface area (Å²) in [7, 11) is 2.10. The predicted octanol–water partition coefficient (Wildman–Crippen LogP) is 3.25. The van der Waals surface area contributed by atoms with E-state index in [1.54, 1.807) is 6.07 Å². The fourth-order valence-corrected chi connectivity index (χ4v) is 4.09. The molecule has 26 heavy (non-hydrogen) atoms. The topological polar surface area (TPSA) is 26.8 Å². The molecule has 2 aliphatic heterocycles. The Morgan fingerprint density at radius 3 is 2.73 bits per heavy atom. The van der Waals surface area contributed by atoms with Gasteiger partial charge in [-0.15, -0.1) is 0 Å². The average Bonchev–Trinajstić information content (AvgIpc) is 2.64. The molecule has 0 radical (unpaired) electrons. The highest BCUT2D eigenvalue weighted by atomic mass is 35.5. The van der Waals surface area contributed by atoms with Crippen LogP contribution in [0.15, 0.2) is 18.2 Å². The number of hydrogen-bond acceptors (Lipinski definition) is 3. The monoisotopic (exact) mass is 381 g/mol. The van der Waals surface area contributed by atoms with Gasteiger partial charge in [0.2, 0.25) is 5.91 Å². The van der Waals surface area contributed by atoms with E-state index in [4.69, 9.17) is 11.6 Å². The second-order valence-electron chi connectivity index (χ2n) is 7.71. The summed E-state index contributed by atoms with van der Waals surface area (Å²) in [5.41, 5.74) is 0.959. The van der Waals surface area contributed by atoms with Crippen molar-refractivity contribution in [1.29, 1.82) is 0 Å². The number of likely N-dealkylation sites (N-methyl/N-ethyl adjacent to an activating group) is 1. The van der Waals surface area contributed by atoms with E-state index in [1.807, 2.05) is 11.0 Å². The molecule has 4 nitrogen and oxygen atoms in total. The largest absolute Gasteiger partial charge is 0.340 e. The van der Waals surface area contributed by atoms with E-state index in [0.717, 1.165) is 64.2 Å². The van der Waals surface area contributed by atoms with Gasteiger partial charge in [0.15, 0.2) is 0 Å². The molecule has 1 aromatic carbocycles. The molecule has 0 spiro atoms. The number of halogens is 2. The van der Waals surface area contributed by atoms with Crippen LogP contribution in [-0.2, 0) is 11.3 Å². The quantitative estimate of drug-likeness (QED) is 0.783. The van der Waals surface area contributed by atoms with Crippen molar-refractivity contribution in [3.63, 3.8) is 0 Å². The molecule has 6 heteroatoms. The van der Waals surface area contributed by atoms with Gasteiger partial charge < -0.3 is 9.80 Å². The minimum absolute atomic E-state index is 0.174. The van der Waals surface area contributed by atoms with E-state index < -0.39 is 0 Å². The molecule has 2 saturated heterocycles. The van der Waals surface area contributed by atoms with E-state index in [-0.39, 0.29) is 10.8 Å². The van der Waals surface area contributed by atoms with Crippen LogP contribution in [0, 0.1) is 11.7 Å². The Kier molecular flexibility index (Phi) is 6.90. The van der Waals surface area contributed by atoms with Crippen molar-refractivity contribution < 1.29 is 9.18 Å². The summed E-state index contributed by atoms with van der Waals surface area (Å²) in [5.74, 6) is 0.503. The molecule has 144 valence electrons. The lowest BCUT2D eigenvalue weighted by molar-refractivity contribution is -0.133. The molecule has 0 bridgehead atoms. The Morgan fingerprint density at radius 2 is 2.00 bits per heavy atom. The Morgan fingerprint density at radius 1 is 1.23 bits per heavy atom. The van der Waals surface area contributed by atoms with Crippen LogP contribution in [0.2, 0.25) is 5.02 Å². The second kappa shape index (κ2) is 9.16. The zero-order chi connectivity index (χ0) is 18.5. The number of likely N-dealkylation sites (tertiary alicyclic amines) is 1. The van der Waals surface area contributed by atoms with Gasteiger partial charge in [-0.3, -0.25) is 9.69 Å². The minimum Gasteiger partial charge on any atom is -0.340 e. The zero-order valence-corrected chi connectivity index (χ0v) is 16.3. The molecular weight excluding hydrogens is 353 g/mol. The Labute approximate surface area is 160 Å². The van der Waals surface area contributed by atoms with Crippen molar-refractivity contribution in [2.24, 2.45) is 5.92 Å². The molecule has 2 fully saturated rings. The third-order valence-electron chi connectivity index (χ3n) is 5.62. The van der Waals surface area contributed by atoms with Crippen molar-refractivity contribution in [2.45, 2.75) is 32.2 Å². The van der Waals surface area contributed by atoms with E-state index >= 15 is 0 Å². The first kappa shape index (κ1) is 19.6. The molecule has 0 aliphatic carbocycles. The van der Waals surface area contributed by atoms with Crippen molar-refractivity contribution >= 4 is 17.5 Å². The Balaban J connectivity index is 1.44. The molecule has 1 atom stereocenters. The number of hydrogen-bond donors (Lipinski definition) is 0. The van der Waals surface area contributed by atoms with Crippen LogP contribution in [0.25, 0.3) is 0 Å². The van der Waals surface area contributed by atoms with Gasteiger partial charge in [-0.1, -0.05) is 17.7 Å². The van der Waals surface area contributed by atoms with E-state index in [1.165, 1.54) is 12.5 Å². The van der Waals surface area contributed by atoms with E-state index in [2.05, 4.69) is 16.8 Å². The van der Waals surface area contributed by atoms with Crippen LogP contribution >= 0.6 is 11.6 Å². The average molecular weight is 382 g/mol. The normalized spacial score (nSPS) is 22.6. The van der Waals surface area contributed by atoms with Crippen LogP contribution in [0.1, 0.15) is 31.2 Å². The van der Waals surface area contributed by atoms with Crippen molar-refractivity contribution in [3.8, 4) is 0 Å². The number of carbonyl (C=O) groups is 1. The minimum atomic E-state index is -0.351. The van der Waals surface area contributed by atoms with Crippen molar-refractivity contribution in [2.75, 3.05) is 46.3 Å². The first-order valence-electron chi connectivity index (χ1n) is 9.64. The van der Waals surface area contributed by atoms with E-state index in [0.29, 0.717) is 18.2 Å². The van der Waals surface area contributed by atoms with Gasteiger partial charge in [0.1, 0.15) is 5.82 Å². The van der Waals surface area contributed by atoms with Gasteiger partial charge in [0.05, 0.1) is 5.02 Å². The summed E-state index contributed by atoms with van der Waals surface area (Å²) >= 11 is 5.76. The van der Waals surface area contributed by atoms with E-state index in [9.17, 15) is 9.18 Å². The zero-order valence-electron chi connectivity index (χ0n) is 15.6. The SMILES string of the molecule is CN1CCN(C(=O)CCC2CCCN(Cc3ccc(Cl)c(F)c3)C2)CC1. The molecule has 1 aromatic rings. The van der Waals surface area contributed by atoms with Crippen LogP contribution in [0.5, 0.6) is 0 Å². The molecule has 1 unspecified atom stereocenters. The smallest absolute Gasteiger partial charge is 0.222 e. The molecule has 0 N–H and O–H groups in total. The maximum Gasteiger partial charge on any atom is 0.222 e. The summed E-state index contributed by atoms with van der Waals surface area (Å²) in [6.07, 6.45) is 3.93. The summed E-state index contributed by atoms with van der Waals surface area (Å²) < 4.78 is 13.6. The third kappa shape index (κ3) is 5.41. The number of piperidine rings is 1. The highest BCUT2D eigenvalue weighted by Gasteiger charge is 2.23. The molecular formula is C20H29ClFN3O. The van der Waals surface area contributed by atoms with Crippen LogP contribution in [0.4, 0.5) is 4.39 Å². The number of benzene rings is 1. The fourth-order valence-electron chi connectivity index (χ4n) is 3.97. The number of rotatable bonds is 5. The van der Waals surface area contributed by atoms with Gasteiger partial charge in [-0.25, -0.2) is 4.39 Å². The molecule has 2 heterocycles. The standard InChI is InChI=1S/C20H29ClFN3O/c1-23-9-11-25(12-10-23)20(26)7-5-16-3-2-8-24(14-16)15-17-4-6-18(21)19(22)13-17/h4,6,13,16H,2-3,5,7-12,14-15H2,1H3. The summed E-state index contributed by atoms with van der Waals surface area (Å²) in [5, 5.41) is 0.174. The van der Waals surface area contributed by atoms with Gasteiger partial charge in [0.25, 0.3) is 0 Å². The summed E-state index contributed by atoms with van der Waals surface area (Å²) in [6.45, 7) is 6.42. The fraction of sp³-hybridized carbons (Fsp3) is 0.650.